The number of aryl methyl sites for hydroxylation is 1. The zero-order chi connectivity index (χ0) is 15.9. The molecule has 0 radical (unpaired) electrons. The molecule has 0 saturated carbocycles. The summed E-state index contributed by atoms with van der Waals surface area (Å²) < 4.78 is 24.1. The molecule has 1 N–H and O–H groups in total. The van der Waals surface area contributed by atoms with Crippen molar-refractivity contribution in [1.82, 2.24) is 5.32 Å². The van der Waals surface area contributed by atoms with E-state index in [-0.39, 0.29) is 16.9 Å². The summed E-state index contributed by atoms with van der Waals surface area (Å²) in [5.41, 5.74) is 2.46. The fourth-order valence-electron chi connectivity index (χ4n) is 2.22. The molecule has 0 amide bonds. The number of benzene rings is 1. The number of rotatable bonds is 9. The monoisotopic (exact) mass is 311 g/mol. The van der Waals surface area contributed by atoms with Crippen LogP contribution in [0.15, 0.2) is 24.3 Å². The first-order chi connectivity index (χ1) is 9.86. The van der Waals surface area contributed by atoms with Crippen LogP contribution in [0.1, 0.15) is 50.7 Å². The van der Waals surface area contributed by atoms with Crippen molar-refractivity contribution in [2.75, 3.05) is 18.8 Å². The summed E-state index contributed by atoms with van der Waals surface area (Å²) in [5, 5.41) is 3.13. The van der Waals surface area contributed by atoms with Crippen LogP contribution in [-0.4, -0.2) is 32.5 Å². The summed E-state index contributed by atoms with van der Waals surface area (Å²) in [5.74, 6) is 0.516. The topological polar surface area (TPSA) is 46.2 Å². The van der Waals surface area contributed by atoms with E-state index in [1.54, 1.807) is 13.8 Å². The van der Waals surface area contributed by atoms with Gasteiger partial charge in [-0.25, -0.2) is 8.42 Å². The Labute approximate surface area is 130 Å². The smallest absolute Gasteiger partial charge is 0.152 e. The molecule has 0 saturated heterocycles. The molecule has 1 aromatic rings. The molecule has 0 aromatic heterocycles. The molecule has 0 aliphatic carbocycles. The second-order valence-corrected chi connectivity index (χ2v) is 8.69. The summed E-state index contributed by atoms with van der Waals surface area (Å²) in [7, 11) is -2.97. The minimum Gasteiger partial charge on any atom is -0.316 e. The second kappa shape index (κ2) is 8.54. The lowest BCUT2D eigenvalue weighted by Crippen LogP contribution is -2.25. The highest BCUT2D eigenvalue weighted by molar-refractivity contribution is 7.91. The molecule has 0 aliphatic rings. The Balaban J connectivity index is 2.75. The van der Waals surface area contributed by atoms with E-state index in [9.17, 15) is 8.42 Å². The number of nitrogens with one attached hydrogen (secondary N) is 1. The standard InChI is InChI=1S/C17H29NO2S/c1-5-11-18-13-17(10-12-21(19,20)14(2)3)16-8-6-15(4)7-9-16/h6-9,14,17-18H,5,10-13H2,1-4H3. The predicted octanol–water partition coefficient (Wildman–Crippen LogP) is 3.29. The number of hydrogen-bond donors (Lipinski definition) is 1. The van der Waals surface area contributed by atoms with Gasteiger partial charge in [-0.2, -0.15) is 0 Å². The first-order valence-electron chi connectivity index (χ1n) is 7.85. The van der Waals surface area contributed by atoms with Crippen molar-refractivity contribution in [1.29, 1.82) is 0 Å². The van der Waals surface area contributed by atoms with Gasteiger partial charge in [0.2, 0.25) is 0 Å². The summed E-state index contributed by atoms with van der Waals surface area (Å²) >= 11 is 0. The quantitative estimate of drug-likeness (QED) is 0.712. The van der Waals surface area contributed by atoms with Crippen molar-refractivity contribution in [3.8, 4) is 0 Å². The minimum absolute atomic E-state index is 0.255. The van der Waals surface area contributed by atoms with Gasteiger partial charge in [-0.15, -0.1) is 0 Å². The third-order valence-electron chi connectivity index (χ3n) is 3.84. The van der Waals surface area contributed by atoms with E-state index in [1.165, 1.54) is 11.1 Å². The zero-order valence-electron chi connectivity index (χ0n) is 13.7. The lowest BCUT2D eigenvalue weighted by atomic mass is 9.95. The molecule has 0 fully saturated rings. The van der Waals surface area contributed by atoms with Crippen LogP contribution >= 0.6 is 0 Å². The molecule has 1 unspecified atom stereocenters. The largest absolute Gasteiger partial charge is 0.316 e. The van der Waals surface area contributed by atoms with Crippen LogP contribution in [0.4, 0.5) is 0 Å². The maximum absolute atomic E-state index is 12.0. The molecule has 1 aromatic carbocycles. The van der Waals surface area contributed by atoms with Crippen molar-refractivity contribution >= 4 is 9.84 Å². The lowest BCUT2D eigenvalue weighted by Gasteiger charge is -2.19. The van der Waals surface area contributed by atoms with Gasteiger partial charge < -0.3 is 5.32 Å². The van der Waals surface area contributed by atoms with Crippen molar-refractivity contribution in [3.63, 3.8) is 0 Å². The Morgan fingerprint density at radius 3 is 2.29 bits per heavy atom. The molecule has 4 heteroatoms. The van der Waals surface area contributed by atoms with E-state index in [1.807, 2.05) is 0 Å². The summed E-state index contributed by atoms with van der Waals surface area (Å²) in [6, 6.07) is 8.43. The first kappa shape index (κ1) is 18.2. The molecule has 21 heavy (non-hydrogen) atoms. The van der Waals surface area contributed by atoms with Gasteiger partial charge in [0.15, 0.2) is 9.84 Å². The Hall–Kier alpha value is -0.870. The van der Waals surface area contributed by atoms with Crippen LogP contribution in [0, 0.1) is 6.92 Å². The van der Waals surface area contributed by atoms with Gasteiger partial charge in [0, 0.05) is 6.54 Å². The highest BCUT2D eigenvalue weighted by Crippen LogP contribution is 2.21. The average molecular weight is 311 g/mol. The third kappa shape index (κ3) is 6.18. The molecule has 0 spiro atoms. The van der Waals surface area contributed by atoms with Gasteiger partial charge in [-0.1, -0.05) is 36.8 Å². The van der Waals surface area contributed by atoms with Crippen molar-refractivity contribution < 1.29 is 8.42 Å². The molecule has 120 valence electrons. The summed E-state index contributed by atoms with van der Waals surface area (Å²) in [4.78, 5) is 0. The van der Waals surface area contributed by atoms with Crippen molar-refractivity contribution in [2.24, 2.45) is 0 Å². The van der Waals surface area contributed by atoms with Crippen molar-refractivity contribution in [3.05, 3.63) is 35.4 Å². The normalized spacial score (nSPS) is 13.6. The summed E-state index contributed by atoms with van der Waals surface area (Å²) in [6.07, 6.45) is 1.77. The maximum atomic E-state index is 12.0. The van der Waals surface area contributed by atoms with E-state index in [2.05, 4.69) is 43.4 Å². The Morgan fingerprint density at radius 2 is 1.76 bits per heavy atom. The van der Waals surface area contributed by atoms with Gasteiger partial charge in [-0.05, 0) is 51.6 Å². The minimum atomic E-state index is -2.97. The highest BCUT2D eigenvalue weighted by atomic mass is 32.2. The lowest BCUT2D eigenvalue weighted by molar-refractivity contribution is 0.551. The molecule has 0 bridgehead atoms. The molecule has 1 rings (SSSR count). The van der Waals surface area contributed by atoms with Gasteiger partial charge in [0.05, 0.1) is 11.0 Å². The third-order valence-corrected chi connectivity index (χ3v) is 6.08. The van der Waals surface area contributed by atoms with Crippen LogP contribution in [0.2, 0.25) is 0 Å². The molecule has 0 heterocycles. The Morgan fingerprint density at radius 1 is 1.14 bits per heavy atom. The van der Waals surface area contributed by atoms with Gasteiger partial charge in [0.1, 0.15) is 0 Å². The predicted molar refractivity (Wildman–Crippen MR) is 90.6 cm³/mol. The number of sulfone groups is 1. The van der Waals surface area contributed by atoms with E-state index < -0.39 is 9.84 Å². The van der Waals surface area contributed by atoms with Crippen LogP contribution in [-0.2, 0) is 9.84 Å². The maximum Gasteiger partial charge on any atom is 0.152 e. The second-order valence-electron chi connectivity index (χ2n) is 6.02. The van der Waals surface area contributed by atoms with E-state index in [0.717, 1.165) is 19.5 Å². The van der Waals surface area contributed by atoms with E-state index in [0.29, 0.717) is 6.42 Å². The van der Waals surface area contributed by atoms with E-state index in [4.69, 9.17) is 0 Å². The van der Waals surface area contributed by atoms with Gasteiger partial charge >= 0.3 is 0 Å². The fourth-order valence-corrected chi connectivity index (χ4v) is 3.30. The highest BCUT2D eigenvalue weighted by Gasteiger charge is 2.20. The van der Waals surface area contributed by atoms with Crippen LogP contribution < -0.4 is 5.32 Å². The van der Waals surface area contributed by atoms with Crippen LogP contribution in [0.3, 0.4) is 0 Å². The molecule has 1 atom stereocenters. The van der Waals surface area contributed by atoms with Crippen LogP contribution in [0.5, 0.6) is 0 Å². The molecule has 3 nitrogen and oxygen atoms in total. The van der Waals surface area contributed by atoms with Gasteiger partial charge in [0.25, 0.3) is 0 Å². The molecular formula is C17H29NO2S. The SMILES string of the molecule is CCCNCC(CCS(=O)(=O)C(C)C)c1ccc(C)cc1. The molecule has 0 aliphatic heterocycles. The van der Waals surface area contributed by atoms with Crippen LogP contribution in [0.25, 0.3) is 0 Å². The van der Waals surface area contributed by atoms with Crippen molar-refractivity contribution in [2.45, 2.75) is 51.7 Å². The molecular weight excluding hydrogens is 282 g/mol. The first-order valence-corrected chi connectivity index (χ1v) is 9.57. The zero-order valence-corrected chi connectivity index (χ0v) is 14.5. The van der Waals surface area contributed by atoms with E-state index >= 15 is 0 Å². The Bertz CT molecular complexity index is 506. The fraction of sp³-hybridized carbons (Fsp3) is 0.647. The Kier molecular flexibility index (Phi) is 7.40. The van der Waals surface area contributed by atoms with Gasteiger partial charge in [-0.3, -0.25) is 0 Å². The summed E-state index contributed by atoms with van der Waals surface area (Å²) in [6.45, 7) is 9.52. The number of hydrogen-bond acceptors (Lipinski definition) is 3. The average Bonchev–Trinajstić information content (AvgIpc) is 2.43.